The molecule has 0 aliphatic carbocycles. The summed E-state index contributed by atoms with van der Waals surface area (Å²) in [4.78, 5) is 15.3. The van der Waals surface area contributed by atoms with Crippen molar-refractivity contribution < 1.29 is 9.18 Å². The Morgan fingerprint density at radius 1 is 1.22 bits per heavy atom. The van der Waals surface area contributed by atoms with E-state index < -0.39 is 0 Å². The van der Waals surface area contributed by atoms with Crippen molar-refractivity contribution in [1.29, 1.82) is 0 Å². The molecule has 18 heavy (non-hydrogen) atoms. The van der Waals surface area contributed by atoms with E-state index in [2.05, 4.69) is 0 Å². The van der Waals surface area contributed by atoms with Gasteiger partial charge in [-0.2, -0.15) is 0 Å². The molecule has 1 aromatic heterocycles. The number of rotatable bonds is 3. The first-order valence-electron chi connectivity index (χ1n) is 5.73. The van der Waals surface area contributed by atoms with Crippen LogP contribution >= 0.6 is 11.3 Å². The van der Waals surface area contributed by atoms with Crippen LogP contribution < -0.4 is 0 Å². The minimum absolute atomic E-state index is 0.0239. The van der Waals surface area contributed by atoms with Gasteiger partial charge in [0.05, 0.1) is 4.88 Å². The summed E-state index contributed by atoms with van der Waals surface area (Å²) < 4.78 is 12.8. The maximum absolute atomic E-state index is 12.8. The Morgan fingerprint density at radius 2 is 1.89 bits per heavy atom. The highest BCUT2D eigenvalue weighted by Gasteiger charge is 2.13. The molecule has 0 saturated carbocycles. The molecule has 0 N–H and O–H groups in total. The van der Waals surface area contributed by atoms with Crippen molar-refractivity contribution in [3.05, 3.63) is 47.1 Å². The molecule has 2 aromatic rings. The Kier molecular flexibility index (Phi) is 3.77. The van der Waals surface area contributed by atoms with Crippen molar-refractivity contribution in [3.8, 4) is 10.4 Å². The van der Waals surface area contributed by atoms with Crippen molar-refractivity contribution >= 4 is 17.2 Å². The molecule has 0 radical (unpaired) electrons. The molecule has 0 spiro atoms. The van der Waals surface area contributed by atoms with Gasteiger partial charge in [-0.05, 0) is 36.8 Å². The van der Waals surface area contributed by atoms with Gasteiger partial charge in [-0.25, -0.2) is 4.39 Å². The van der Waals surface area contributed by atoms with E-state index in [1.54, 1.807) is 24.1 Å². The SMILES string of the molecule is CCN(C)C(=O)c1ccc(-c2ccc(F)cc2)s1. The second kappa shape index (κ2) is 5.31. The third-order valence-electron chi connectivity index (χ3n) is 2.77. The van der Waals surface area contributed by atoms with Crippen LogP contribution in [0.1, 0.15) is 16.6 Å². The van der Waals surface area contributed by atoms with Gasteiger partial charge >= 0.3 is 0 Å². The van der Waals surface area contributed by atoms with Gasteiger partial charge < -0.3 is 4.90 Å². The summed E-state index contributed by atoms with van der Waals surface area (Å²) in [5.74, 6) is -0.229. The van der Waals surface area contributed by atoms with Crippen LogP contribution in [0.5, 0.6) is 0 Å². The number of halogens is 1. The zero-order valence-corrected chi connectivity index (χ0v) is 11.1. The van der Waals surface area contributed by atoms with E-state index in [0.29, 0.717) is 11.4 Å². The molecule has 4 heteroatoms. The molecule has 1 aromatic carbocycles. The summed E-state index contributed by atoms with van der Waals surface area (Å²) in [6, 6.07) is 10.0. The number of hydrogen-bond acceptors (Lipinski definition) is 2. The minimum atomic E-state index is -0.252. The fraction of sp³-hybridized carbons (Fsp3) is 0.214. The van der Waals surface area contributed by atoms with Gasteiger partial charge in [0.2, 0.25) is 0 Å². The van der Waals surface area contributed by atoms with E-state index in [9.17, 15) is 9.18 Å². The van der Waals surface area contributed by atoms with Gasteiger partial charge in [-0.3, -0.25) is 4.79 Å². The van der Waals surface area contributed by atoms with Gasteiger partial charge in [-0.1, -0.05) is 12.1 Å². The molecule has 0 aliphatic rings. The van der Waals surface area contributed by atoms with Crippen LogP contribution in [0.3, 0.4) is 0 Å². The first-order chi connectivity index (χ1) is 8.61. The third-order valence-corrected chi connectivity index (χ3v) is 3.89. The van der Waals surface area contributed by atoms with Crippen LogP contribution in [-0.2, 0) is 0 Å². The van der Waals surface area contributed by atoms with Crippen molar-refractivity contribution in [2.75, 3.05) is 13.6 Å². The monoisotopic (exact) mass is 263 g/mol. The van der Waals surface area contributed by atoms with E-state index >= 15 is 0 Å². The number of benzene rings is 1. The lowest BCUT2D eigenvalue weighted by Crippen LogP contribution is -2.25. The predicted octanol–water partition coefficient (Wildman–Crippen LogP) is 3.65. The molecule has 2 nitrogen and oxygen atoms in total. The number of carbonyl (C=O) groups is 1. The molecule has 94 valence electrons. The topological polar surface area (TPSA) is 20.3 Å². The Balaban J connectivity index is 2.25. The van der Waals surface area contributed by atoms with Crippen LogP contribution in [0.25, 0.3) is 10.4 Å². The van der Waals surface area contributed by atoms with E-state index in [4.69, 9.17) is 0 Å². The average molecular weight is 263 g/mol. The maximum Gasteiger partial charge on any atom is 0.263 e. The standard InChI is InChI=1S/C14H14FNOS/c1-3-16(2)14(17)13-9-8-12(18-13)10-4-6-11(15)7-5-10/h4-9H,3H2,1-2H3. The number of amides is 1. The van der Waals surface area contributed by atoms with Gasteiger partial charge in [0.25, 0.3) is 5.91 Å². The molecule has 2 rings (SSSR count). The molecule has 0 unspecified atom stereocenters. The van der Waals surface area contributed by atoms with Gasteiger partial charge in [0.1, 0.15) is 5.82 Å². The first-order valence-corrected chi connectivity index (χ1v) is 6.54. The molecular formula is C14H14FNOS. The molecule has 0 bridgehead atoms. The molecular weight excluding hydrogens is 249 g/mol. The Bertz CT molecular complexity index is 547. The first kappa shape index (κ1) is 12.8. The summed E-state index contributed by atoms with van der Waals surface area (Å²) in [6.45, 7) is 2.62. The Hall–Kier alpha value is -1.68. The fourth-order valence-corrected chi connectivity index (χ4v) is 2.56. The lowest BCUT2D eigenvalue weighted by Gasteiger charge is -2.12. The van der Waals surface area contributed by atoms with Crippen LogP contribution in [0.15, 0.2) is 36.4 Å². The third kappa shape index (κ3) is 2.59. The van der Waals surface area contributed by atoms with Crippen molar-refractivity contribution in [1.82, 2.24) is 4.90 Å². The normalized spacial score (nSPS) is 10.4. The number of hydrogen-bond donors (Lipinski definition) is 0. The molecule has 0 fully saturated rings. The van der Waals surface area contributed by atoms with Crippen LogP contribution in [0.4, 0.5) is 4.39 Å². The van der Waals surface area contributed by atoms with Crippen LogP contribution in [0, 0.1) is 5.82 Å². The average Bonchev–Trinajstić information content (AvgIpc) is 2.87. The molecule has 0 saturated heterocycles. The predicted molar refractivity (Wildman–Crippen MR) is 72.3 cm³/mol. The summed E-state index contributed by atoms with van der Waals surface area (Å²) in [6.07, 6.45) is 0. The molecule has 0 atom stereocenters. The highest BCUT2D eigenvalue weighted by molar-refractivity contribution is 7.17. The quantitative estimate of drug-likeness (QED) is 0.827. The molecule has 1 amide bonds. The highest BCUT2D eigenvalue weighted by atomic mass is 32.1. The van der Waals surface area contributed by atoms with Crippen LogP contribution in [0.2, 0.25) is 0 Å². The van der Waals surface area contributed by atoms with E-state index in [0.717, 1.165) is 10.4 Å². The fourth-order valence-electron chi connectivity index (χ4n) is 1.55. The summed E-state index contributed by atoms with van der Waals surface area (Å²) >= 11 is 1.43. The molecule has 0 aliphatic heterocycles. The lowest BCUT2D eigenvalue weighted by molar-refractivity contribution is 0.0807. The van der Waals surface area contributed by atoms with E-state index in [1.165, 1.54) is 23.5 Å². The molecule has 1 heterocycles. The Labute approximate surface area is 110 Å². The minimum Gasteiger partial charge on any atom is -0.341 e. The zero-order chi connectivity index (χ0) is 13.1. The summed E-state index contributed by atoms with van der Waals surface area (Å²) in [5.41, 5.74) is 0.930. The van der Waals surface area contributed by atoms with Gasteiger partial charge in [-0.15, -0.1) is 11.3 Å². The number of nitrogens with zero attached hydrogens (tertiary/aromatic N) is 1. The number of thiophene rings is 1. The van der Waals surface area contributed by atoms with E-state index in [-0.39, 0.29) is 11.7 Å². The number of carbonyl (C=O) groups excluding carboxylic acids is 1. The lowest BCUT2D eigenvalue weighted by atomic mass is 10.2. The van der Waals surface area contributed by atoms with Crippen LogP contribution in [-0.4, -0.2) is 24.4 Å². The van der Waals surface area contributed by atoms with Crippen molar-refractivity contribution in [2.45, 2.75) is 6.92 Å². The largest absolute Gasteiger partial charge is 0.341 e. The van der Waals surface area contributed by atoms with Gasteiger partial charge in [0.15, 0.2) is 0 Å². The van der Waals surface area contributed by atoms with E-state index in [1.807, 2.05) is 19.1 Å². The second-order valence-electron chi connectivity index (χ2n) is 3.99. The Morgan fingerprint density at radius 3 is 2.50 bits per heavy atom. The highest BCUT2D eigenvalue weighted by Crippen LogP contribution is 2.28. The van der Waals surface area contributed by atoms with Gasteiger partial charge in [0, 0.05) is 18.5 Å². The summed E-state index contributed by atoms with van der Waals surface area (Å²) in [5, 5.41) is 0. The maximum atomic E-state index is 12.8. The van der Waals surface area contributed by atoms with Crippen molar-refractivity contribution in [3.63, 3.8) is 0 Å². The second-order valence-corrected chi connectivity index (χ2v) is 5.07. The zero-order valence-electron chi connectivity index (χ0n) is 10.3. The van der Waals surface area contributed by atoms with Crippen molar-refractivity contribution in [2.24, 2.45) is 0 Å². The summed E-state index contributed by atoms with van der Waals surface area (Å²) in [7, 11) is 1.78. The smallest absolute Gasteiger partial charge is 0.263 e.